The van der Waals surface area contributed by atoms with Crippen LogP contribution in [-0.4, -0.2) is 28.3 Å². The first-order valence-electron chi connectivity index (χ1n) is 5.91. The van der Waals surface area contributed by atoms with E-state index in [-0.39, 0.29) is 0 Å². The van der Waals surface area contributed by atoms with Gasteiger partial charge in [0.15, 0.2) is 5.82 Å². The number of hydrogen-bond donors (Lipinski definition) is 2. The Labute approximate surface area is 89.9 Å². The zero-order valence-electron chi connectivity index (χ0n) is 9.21. The molecule has 2 N–H and O–H groups in total. The summed E-state index contributed by atoms with van der Waals surface area (Å²) in [5.41, 5.74) is 0.293. The molecular formula is C11H18N4. The maximum absolute atomic E-state index is 4.67. The van der Waals surface area contributed by atoms with Crippen molar-refractivity contribution in [3.63, 3.8) is 0 Å². The van der Waals surface area contributed by atoms with Crippen molar-refractivity contribution in [3.8, 4) is 0 Å². The third kappa shape index (κ3) is 1.67. The second-order valence-corrected chi connectivity index (χ2v) is 5.13. The summed E-state index contributed by atoms with van der Waals surface area (Å²) in [6.07, 6.45) is 4.86. The molecule has 0 unspecified atom stereocenters. The van der Waals surface area contributed by atoms with Crippen LogP contribution in [0.25, 0.3) is 0 Å². The highest BCUT2D eigenvalue weighted by Crippen LogP contribution is 2.46. The zero-order valence-corrected chi connectivity index (χ0v) is 9.21. The maximum Gasteiger partial charge on any atom is 0.156 e. The lowest BCUT2D eigenvalue weighted by Crippen LogP contribution is -2.27. The van der Waals surface area contributed by atoms with Gasteiger partial charge in [0.05, 0.1) is 0 Å². The van der Waals surface area contributed by atoms with Gasteiger partial charge < -0.3 is 5.32 Å². The van der Waals surface area contributed by atoms with Gasteiger partial charge >= 0.3 is 0 Å². The molecule has 0 amide bonds. The van der Waals surface area contributed by atoms with Gasteiger partial charge in [0, 0.05) is 11.3 Å². The van der Waals surface area contributed by atoms with Gasteiger partial charge in [-0.25, -0.2) is 4.98 Å². The summed E-state index contributed by atoms with van der Waals surface area (Å²) >= 11 is 0. The fourth-order valence-electron chi connectivity index (χ4n) is 2.23. The minimum atomic E-state index is 0.293. The van der Waals surface area contributed by atoms with Crippen molar-refractivity contribution in [3.05, 3.63) is 11.6 Å². The van der Waals surface area contributed by atoms with E-state index in [1.54, 1.807) is 0 Å². The lowest BCUT2D eigenvalue weighted by Gasteiger charge is -2.19. The fraction of sp³-hybridized carbons (Fsp3) is 0.818. The molecule has 2 fully saturated rings. The molecule has 1 saturated carbocycles. The highest BCUT2D eigenvalue weighted by molar-refractivity contribution is 5.16. The first kappa shape index (κ1) is 9.33. The highest BCUT2D eigenvalue weighted by Gasteiger charge is 2.43. The van der Waals surface area contributed by atoms with Crippen molar-refractivity contribution in [2.45, 2.75) is 43.9 Å². The molecule has 0 aromatic carbocycles. The fourth-order valence-corrected chi connectivity index (χ4v) is 2.23. The van der Waals surface area contributed by atoms with Gasteiger partial charge in [-0.15, -0.1) is 0 Å². The Balaban J connectivity index is 1.77. The number of H-pyrrole nitrogens is 1. The van der Waals surface area contributed by atoms with E-state index in [2.05, 4.69) is 27.4 Å². The van der Waals surface area contributed by atoms with Crippen molar-refractivity contribution in [2.75, 3.05) is 13.1 Å². The van der Waals surface area contributed by atoms with Crippen molar-refractivity contribution >= 4 is 0 Å². The van der Waals surface area contributed by atoms with Crippen LogP contribution >= 0.6 is 0 Å². The minimum Gasteiger partial charge on any atom is -0.317 e. The van der Waals surface area contributed by atoms with Gasteiger partial charge in [-0.05, 0) is 38.8 Å². The predicted molar refractivity (Wildman–Crippen MR) is 57.8 cm³/mol. The van der Waals surface area contributed by atoms with E-state index in [0.717, 1.165) is 24.7 Å². The number of nitrogens with zero attached hydrogens (tertiary/aromatic N) is 2. The van der Waals surface area contributed by atoms with Crippen LogP contribution in [-0.2, 0) is 5.41 Å². The lowest BCUT2D eigenvalue weighted by molar-refractivity contribution is 0.445. The summed E-state index contributed by atoms with van der Waals surface area (Å²) in [6, 6.07) is 0. The van der Waals surface area contributed by atoms with E-state index in [1.165, 1.54) is 25.7 Å². The van der Waals surface area contributed by atoms with Gasteiger partial charge in [-0.3, -0.25) is 5.10 Å². The molecule has 0 spiro atoms. The topological polar surface area (TPSA) is 53.6 Å². The lowest BCUT2D eigenvalue weighted by atomic mass is 9.97. The zero-order chi connectivity index (χ0) is 10.3. The number of aromatic nitrogens is 3. The SMILES string of the molecule is CC1(c2n[nH]c(C3CCNCC3)n2)CC1. The van der Waals surface area contributed by atoms with Crippen molar-refractivity contribution in [2.24, 2.45) is 0 Å². The number of aromatic amines is 1. The Morgan fingerprint density at radius 2 is 2.00 bits per heavy atom. The summed E-state index contributed by atoms with van der Waals surface area (Å²) in [6.45, 7) is 4.47. The van der Waals surface area contributed by atoms with Crippen molar-refractivity contribution in [1.82, 2.24) is 20.5 Å². The van der Waals surface area contributed by atoms with Crippen LogP contribution in [0.5, 0.6) is 0 Å². The number of rotatable bonds is 2. The first-order valence-corrected chi connectivity index (χ1v) is 5.91. The molecule has 1 aliphatic carbocycles. The molecule has 1 saturated heterocycles. The largest absolute Gasteiger partial charge is 0.317 e. The van der Waals surface area contributed by atoms with Gasteiger partial charge in [0.1, 0.15) is 5.82 Å². The van der Waals surface area contributed by atoms with Gasteiger partial charge in [0.2, 0.25) is 0 Å². The smallest absolute Gasteiger partial charge is 0.156 e. The highest BCUT2D eigenvalue weighted by atomic mass is 15.2. The molecule has 1 aromatic heterocycles. The Morgan fingerprint density at radius 1 is 1.27 bits per heavy atom. The molecule has 15 heavy (non-hydrogen) atoms. The van der Waals surface area contributed by atoms with Crippen LogP contribution < -0.4 is 5.32 Å². The molecular weight excluding hydrogens is 188 g/mol. The standard InChI is InChI=1S/C11H18N4/c1-11(4-5-11)10-13-9(14-15-10)8-2-6-12-7-3-8/h8,12H,2-7H2,1H3,(H,13,14,15). The third-order valence-electron chi connectivity index (χ3n) is 3.77. The number of piperidine rings is 1. The summed E-state index contributed by atoms with van der Waals surface area (Å²) < 4.78 is 0. The molecule has 1 aliphatic heterocycles. The van der Waals surface area contributed by atoms with Crippen LogP contribution in [0.1, 0.15) is 50.2 Å². The van der Waals surface area contributed by atoms with E-state index in [1.807, 2.05) is 0 Å². The van der Waals surface area contributed by atoms with Crippen LogP contribution in [0.15, 0.2) is 0 Å². The molecule has 0 atom stereocenters. The molecule has 0 bridgehead atoms. The second-order valence-electron chi connectivity index (χ2n) is 5.13. The van der Waals surface area contributed by atoms with E-state index >= 15 is 0 Å². The van der Waals surface area contributed by atoms with E-state index in [0.29, 0.717) is 11.3 Å². The van der Waals surface area contributed by atoms with Gasteiger partial charge in [0.25, 0.3) is 0 Å². The molecule has 4 heteroatoms. The molecule has 4 nitrogen and oxygen atoms in total. The summed E-state index contributed by atoms with van der Waals surface area (Å²) in [7, 11) is 0. The molecule has 3 rings (SSSR count). The maximum atomic E-state index is 4.67. The van der Waals surface area contributed by atoms with Crippen LogP contribution in [0.3, 0.4) is 0 Å². The van der Waals surface area contributed by atoms with E-state index < -0.39 is 0 Å². The Hall–Kier alpha value is -0.900. The second kappa shape index (κ2) is 3.30. The summed E-state index contributed by atoms with van der Waals surface area (Å²) in [4.78, 5) is 4.67. The monoisotopic (exact) mass is 206 g/mol. The number of nitrogens with one attached hydrogen (secondary N) is 2. The molecule has 2 aliphatic rings. The van der Waals surface area contributed by atoms with Crippen molar-refractivity contribution < 1.29 is 0 Å². The van der Waals surface area contributed by atoms with Gasteiger partial charge in [-0.2, -0.15) is 5.10 Å². The van der Waals surface area contributed by atoms with E-state index in [9.17, 15) is 0 Å². The summed E-state index contributed by atoms with van der Waals surface area (Å²) in [5.74, 6) is 2.74. The number of hydrogen-bond acceptors (Lipinski definition) is 3. The minimum absolute atomic E-state index is 0.293. The quantitative estimate of drug-likeness (QED) is 0.767. The third-order valence-corrected chi connectivity index (χ3v) is 3.77. The van der Waals surface area contributed by atoms with Crippen LogP contribution in [0, 0.1) is 0 Å². The average Bonchev–Trinajstić information content (AvgIpc) is 2.85. The Bertz CT molecular complexity index is 347. The van der Waals surface area contributed by atoms with Gasteiger partial charge in [-0.1, -0.05) is 6.92 Å². The normalized spacial score (nSPS) is 25.4. The first-order chi connectivity index (χ1) is 7.28. The Kier molecular flexibility index (Phi) is 2.06. The molecule has 2 heterocycles. The van der Waals surface area contributed by atoms with Crippen LogP contribution in [0.2, 0.25) is 0 Å². The average molecular weight is 206 g/mol. The predicted octanol–water partition coefficient (Wildman–Crippen LogP) is 1.32. The van der Waals surface area contributed by atoms with Crippen LogP contribution in [0.4, 0.5) is 0 Å². The van der Waals surface area contributed by atoms with E-state index in [4.69, 9.17) is 0 Å². The Morgan fingerprint density at radius 3 is 2.67 bits per heavy atom. The van der Waals surface area contributed by atoms with Crippen molar-refractivity contribution in [1.29, 1.82) is 0 Å². The summed E-state index contributed by atoms with van der Waals surface area (Å²) in [5, 5.41) is 10.9. The molecule has 82 valence electrons. The molecule has 0 radical (unpaired) electrons. The molecule has 1 aromatic rings.